The van der Waals surface area contributed by atoms with Crippen molar-refractivity contribution in [2.75, 3.05) is 26.2 Å². The Bertz CT molecular complexity index is 748. The van der Waals surface area contributed by atoms with Crippen LogP contribution in [-0.2, 0) is 13.1 Å². The number of hydrogen-bond donors (Lipinski definition) is 0. The third kappa shape index (κ3) is 5.14. The molecule has 0 radical (unpaired) electrons. The number of halogens is 2. The molecule has 0 spiro atoms. The maximum atomic E-state index is 3.61. The van der Waals surface area contributed by atoms with Gasteiger partial charge in [0.2, 0.25) is 0 Å². The van der Waals surface area contributed by atoms with E-state index in [1.807, 2.05) is 0 Å². The smallest absolute Gasteiger partial charge is 0.0234 e. The summed E-state index contributed by atoms with van der Waals surface area (Å²) in [6.45, 7) is 11.9. The van der Waals surface area contributed by atoms with Crippen molar-refractivity contribution in [3.63, 3.8) is 0 Å². The highest BCUT2D eigenvalue weighted by molar-refractivity contribution is 9.10. The van der Waals surface area contributed by atoms with E-state index < -0.39 is 0 Å². The predicted octanol–water partition coefficient (Wildman–Crippen LogP) is 5.61. The van der Waals surface area contributed by atoms with E-state index in [1.165, 1.54) is 48.2 Å². The molecule has 4 heteroatoms. The largest absolute Gasteiger partial charge is 0.298 e. The number of likely N-dealkylation sites (tertiary alicyclic amines) is 2. The summed E-state index contributed by atoms with van der Waals surface area (Å²) in [5, 5.41) is 0. The van der Waals surface area contributed by atoms with Gasteiger partial charge in [0.1, 0.15) is 0 Å². The number of nitrogens with zero attached hydrogens (tertiary/aromatic N) is 2. The van der Waals surface area contributed by atoms with Gasteiger partial charge in [-0.25, -0.2) is 0 Å². The van der Waals surface area contributed by atoms with Crippen LogP contribution < -0.4 is 0 Å². The van der Waals surface area contributed by atoms with E-state index in [1.54, 1.807) is 0 Å². The quantitative estimate of drug-likeness (QED) is 0.599. The summed E-state index contributed by atoms with van der Waals surface area (Å²) in [4.78, 5) is 5.38. The maximum absolute atomic E-state index is 3.61. The average molecular weight is 450 g/mol. The molecule has 0 N–H and O–H groups in total. The molecule has 2 aromatic carbocycles. The molecule has 2 fully saturated rings. The number of piperidine rings is 2. The highest BCUT2D eigenvalue weighted by Gasteiger charge is 2.48. The van der Waals surface area contributed by atoms with Crippen LogP contribution in [0.4, 0.5) is 0 Å². The fourth-order valence-electron chi connectivity index (χ4n) is 5.58. The Hall–Kier alpha value is -0.870. The van der Waals surface area contributed by atoms with Gasteiger partial charge in [0, 0.05) is 43.7 Å². The van der Waals surface area contributed by atoms with E-state index in [4.69, 9.17) is 0 Å². The summed E-state index contributed by atoms with van der Waals surface area (Å²) in [5.74, 6) is 0. The van der Waals surface area contributed by atoms with Crippen LogP contribution in [-0.4, -0.2) is 36.0 Å². The van der Waals surface area contributed by atoms with Gasteiger partial charge in [-0.2, -0.15) is 0 Å². The van der Waals surface area contributed by atoms with Crippen molar-refractivity contribution in [1.29, 1.82) is 0 Å². The van der Waals surface area contributed by atoms with E-state index >= 15 is 0 Å². The lowest BCUT2D eigenvalue weighted by molar-refractivity contribution is -0.0791. The molecule has 2 aliphatic heterocycles. The normalized spacial score (nSPS) is 28.6. The van der Waals surface area contributed by atoms with E-state index in [9.17, 15) is 0 Å². The van der Waals surface area contributed by atoms with Gasteiger partial charge in [-0.3, -0.25) is 9.80 Å². The van der Waals surface area contributed by atoms with Gasteiger partial charge in [0.25, 0.3) is 0 Å². The third-order valence-corrected chi connectivity index (χ3v) is 6.31. The van der Waals surface area contributed by atoms with Crippen molar-refractivity contribution in [3.8, 4) is 0 Å². The second-order valence-electron chi connectivity index (χ2n) is 9.20. The van der Waals surface area contributed by atoms with E-state index in [-0.39, 0.29) is 12.4 Å². The summed E-state index contributed by atoms with van der Waals surface area (Å²) in [6, 6.07) is 19.7. The predicted molar refractivity (Wildman–Crippen MR) is 119 cm³/mol. The lowest BCUT2D eigenvalue weighted by Crippen LogP contribution is -2.61. The minimum Gasteiger partial charge on any atom is -0.298 e. The van der Waals surface area contributed by atoms with Gasteiger partial charge >= 0.3 is 0 Å². The Kier molecular flexibility index (Phi) is 6.37. The SMILES string of the molecule is CC12CN(Cc3ccccc3)CC(C)(CN(Cc3cccc(Br)c3)C1)C2.Cl. The first kappa shape index (κ1) is 20.9. The first-order valence-electron chi connectivity index (χ1n) is 9.65. The zero-order valence-corrected chi connectivity index (χ0v) is 18.7. The molecular weight excluding hydrogens is 420 g/mol. The van der Waals surface area contributed by atoms with Gasteiger partial charge in [-0.15, -0.1) is 12.4 Å². The van der Waals surface area contributed by atoms with Crippen LogP contribution in [0.2, 0.25) is 0 Å². The number of hydrogen-bond acceptors (Lipinski definition) is 2. The zero-order valence-electron chi connectivity index (χ0n) is 16.3. The van der Waals surface area contributed by atoms with Crippen molar-refractivity contribution in [1.82, 2.24) is 9.80 Å². The zero-order chi connectivity index (χ0) is 18.2. The molecule has 0 aliphatic carbocycles. The van der Waals surface area contributed by atoms with Gasteiger partial charge in [0.05, 0.1) is 0 Å². The van der Waals surface area contributed by atoms with Gasteiger partial charge in [0.15, 0.2) is 0 Å². The molecule has 2 nitrogen and oxygen atoms in total. The van der Waals surface area contributed by atoms with Crippen molar-refractivity contribution in [3.05, 3.63) is 70.2 Å². The Morgan fingerprint density at radius 3 is 1.85 bits per heavy atom. The van der Waals surface area contributed by atoms with Gasteiger partial charge in [-0.1, -0.05) is 72.2 Å². The lowest BCUT2D eigenvalue weighted by Gasteiger charge is -2.57. The molecule has 2 heterocycles. The van der Waals surface area contributed by atoms with Crippen molar-refractivity contribution in [2.24, 2.45) is 10.8 Å². The molecule has 2 atom stereocenters. The first-order valence-corrected chi connectivity index (χ1v) is 10.4. The standard InChI is InChI=1S/C23H29BrN2.ClH/c1-22-14-23(2,16-25(15-22)12-19-7-4-3-5-8-19)18-26(17-22)13-20-9-6-10-21(24)11-20;/h3-11H,12-18H2,1-2H3;1H. The lowest BCUT2D eigenvalue weighted by atomic mass is 9.65. The molecule has 2 saturated heterocycles. The van der Waals surface area contributed by atoms with Crippen LogP contribution in [0.3, 0.4) is 0 Å². The molecule has 2 bridgehead atoms. The minimum atomic E-state index is 0. The third-order valence-electron chi connectivity index (χ3n) is 5.82. The van der Waals surface area contributed by atoms with Crippen LogP contribution in [0.5, 0.6) is 0 Å². The summed E-state index contributed by atoms with van der Waals surface area (Å²) < 4.78 is 1.18. The van der Waals surface area contributed by atoms with Crippen LogP contribution in [0.15, 0.2) is 59.1 Å². The number of benzene rings is 2. The number of rotatable bonds is 4. The Balaban J connectivity index is 0.00000210. The molecule has 2 unspecified atom stereocenters. The summed E-state index contributed by atoms with van der Waals surface area (Å²) >= 11 is 3.61. The first-order chi connectivity index (χ1) is 12.4. The molecule has 2 aromatic rings. The Morgan fingerprint density at radius 1 is 0.778 bits per heavy atom. The van der Waals surface area contributed by atoms with Crippen molar-refractivity contribution >= 4 is 28.3 Å². The van der Waals surface area contributed by atoms with Crippen LogP contribution >= 0.6 is 28.3 Å². The van der Waals surface area contributed by atoms with Crippen LogP contribution in [0, 0.1) is 10.8 Å². The second-order valence-corrected chi connectivity index (χ2v) is 10.1. The van der Waals surface area contributed by atoms with E-state index in [0.29, 0.717) is 10.8 Å². The van der Waals surface area contributed by atoms with E-state index in [2.05, 4.69) is 94.2 Å². The van der Waals surface area contributed by atoms with Crippen molar-refractivity contribution < 1.29 is 0 Å². The van der Waals surface area contributed by atoms with E-state index in [0.717, 1.165) is 13.1 Å². The fourth-order valence-corrected chi connectivity index (χ4v) is 6.03. The van der Waals surface area contributed by atoms with Gasteiger partial charge < -0.3 is 0 Å². The molecule has 146 valence electrons. The van der Waals surface area contributed by atoms with Gasteiger partial charge in [-0.05, 0) is 40.5 Å². The number of fused-ring (bicyclic) bond motifs is 2. The highest BCUT2D eigenvalue weighted by atomic mass is 79.9. The Labute approximate surface area is 178 Å². The molecule has 4 rings (SSSR count). The molecule has 2 aliphatic rings. The molecule has 27 heavy (non-hydrogen) atoms. The Morgan fingerprint density at radius 2 is 1.30 bits per heavy atom. The maximum Gasteiger partial charge on any atom is 0.0234 e. The fraction of sp³-hybridized carbons (Fsp3) is 0.478. The molecule has 0 saturated carbocycles. The van der Waals surface area contributed by atoms with Crippen LogP contribution in [0.1, 0.15) is 31.4 Å². The monoisotopic (exact) mass is 448 g/mol. The summed E-state index contributed by atoms with van der Waals surface area (Å²) in [6.07, 6.45) is 1.35. The molecule has 0 aromatic heterocycles. The summed E-state index contributed by atoms with van der Waals surface area (Å²) in [5.41, 5.74) is 3.61. The topological polar surface area (TPSA) is 6.48 Å². The summed E-state index contributed by atoms with van der Waals surface area (Å²) in [7, 11) is 0. The highest BCUT2D eigenvalue weighted by Crippen LogP contribution is 2.46. The second kappa shape index (κ2) is 8.24. The molecular formula is C23H30BrClN2. The van der Waals surface area contributed by atoms with Crippen molar-refractivity contribution in [2.45, 2.75) is 33.4 Å². The minimum absolute atomic E-state index is 0. The van der Waals surface area contributed by atoms with Crippen LogP contribution in [0.25, 0.3) is 0 Å². The molecule has 0 amide bonds. The average Bonchev–Trinajstić information content (AvgIpc) is 2.53.